The van der Waals surface area contributed by atoms with E-state index in [2.05, 4.69) is 4.98 Å². The molecule has 0 unspecified atom stereocenters. The summed E-state index contributed by atoms with van der Waals surface area (Å²) in [5.41, 5.74) is 1.52. The standard InChI is InChI=1S/C36H42ClFN2O6/c1-36(2,3)46-30(42)19-25(20-38)22-10-12-24(13-11-22)34(43)40-16-15-26(23-7-5-4-6-8-23)33(40)29(41)18-21-9-14-28-27(17-21)31(37)32(39-28)35(44)45/h4-9,14,17,22,24-26,33,39H,10-13,15-16,18-20H2,1-3H3,(H,44,45)/t22?,24?,25-,26-,33+/m1/s1. The van der Waals surface area contributed by atoms with Crippen molar-refractivity contribution in [3.8, 4) is 0 Å². The number of amides is 1. The normalized spacial score (nSPS) is 22.5. The maximum atomic E-state index is 14.1. The lowest BCUT2D eigenvalue weighted by molar-refractivity contribution is -0.157. The van der Waals surface area contributed by atoms with Crippen molar-refractivity contribution in [1.29, 1.82) is 0 Å². The number of ether oxygens (including phenoxy) is 1. The average Bonchev–Trinajstić information content (AvgIpc) is 3.61. The summed E-state index contributed by atoms with van der Waals surface area (Å²) >= 11 is 6.34. The van der Waals surface area contributed by atoms with Crippen LogP contribution >= 0.6 is 11.6 Å². The highest BCUT2D eigenvalue weighted by Crippen LogP contribution is 2.40. The smallest absolute Gasteiger partial charge is 0.353 e. The molecule has 3 atom stereocenters. The number of Topliss-reactive ketones (excluding diaryl/α,β-unsaturated/α-hetero) is 1. The second kappa shape index (κ2) is 14.0. The summed E-state index contributed by atoms with van der Waals surface area (Å²) in [4.78, 5) is 56.6. The van der Waals surface area contributed by atoms with Crippen molar-refractivity contribution in [2.45, 2.75) is 83.3 Å². The minimum atomic E-state index is -1.16. The summed E-state index contributed by atoms with van der Waals surface area (Å²) in [6.45, 7) is 5.22. The van der Waals surface area contributed by atoms with E-state index in [1.165, 1.54) is 0 Å². The molecule has 1 aliphatic heterocycles. The number of benzene rings is 2. The minimum Gasteiger partial charge on any atom is -0.477 e. The molecule has 2 heterocycles. The number of hydrogen-bond donors (Lipinski definition) is 2. The fourth-order valence-electron chi connectivity index (χ4n) is 7.27. The molecule has 1 aromatic heterocycles. The number of ketones is 1. The second-order valence-corrected chi connectivity index (χ2v) is 14.1. The van der Waals surface area contributed by atoms with Gasteiger partial charge in [0.05, 0.1) is 24.2 Å². The number of H-pyrrole nitrogens is 1. The Bertz CT molecular complexity index is 1590. The number of carboxylic acids is 1. The van der Waals surface area contributed by atoms with Gasteiger partial charge in [0, 0.05) is 41.6 Å². The number of carbonyl (C=O) groups is 4. The highest BCUT2D eigenvalue weighted by Gasteiger charge is 2.44. The molecule has 2 N–H and O–H groups in total. The number of halogens is 2. The van der Waals surface area contributed by atoms with Crippen molar-refractivity contribution in [1.82, 2.24) is 9.88 Å². The van der Waals surface area contributed by atoms with Crippen molar-refractivity contribution in [3.63, 3.8) is 0 Å². The number of hydrogen-bond acceptors (Lipinski definition) is 5. The quantitative estimate of drug-likeness (QED) is 0.225. The van der Waals surface area contributed by atoms with Crippen LogP contribution in [-0.4, -0.2) is 63.5 Å². The fourth-order valence-corrected chi connectivity index (χ4v) is 7.56. The van der Waals surface area contributed by atoms with E-state index < -0.39 is 36.2 Å². The van der Waals surface area contributed by atoms with Crippen LogP contribution in [0.25, 0.3) is 10.9 Å². The zero-order valence-corrected chi connectivity index (χ0v) is 27.3. The molecular weight excluding hydrogens is 611 g/mol. The Kier molecular flexibility index (Phi) is 10.2. The summed E-state index contributed by atoms with van der Waals surface area (Å²) in [6.07, 6.45) is 3.18. The van der Waals surface area contributed by atoms with Crippen molar-refractivity contribution < 1.29 is 33.4 Å². The van der Waals surface area contributed by atoms with Crippen molar-refractivity contribution in [2.24, 2.45) is 17.8 Å². The molecule has 2 fully saturated rings. The van der Waals surface area contributed by atoms with Gasteiger partial charge in [0.1, 0.15) is 11.3 Å². The molecule has 0 radical (unpaired) electrons. The molecule has 246 valence electrons. The summed E-state index contributed by atoms with van der Waals surface area (Å²) < 4.78 is 19.5. The van der Waals surface area contributed by atoms with Crippen LogP contribution in [0, 0.1) is 17.8 Å². The molecule has 8 nitrogen and oxygen atoms in total. The lowest BCUT2D eigenvalue weighted by Gasteiger charge is -2.35. The van der Waals surface area contributed by atoms with Crippen molar-refractivity contribution >= 4 is 46.1 Å². The molecular formula is C36H42ClFN2O6. The molecule has 3 aromatic rings. The van der Waals surface area contributed by atoms with E-state index in [-0.39, 0.29) is 53.0 Å². The van der Waals surface area contributed by atoms with Gasteiger partial charge in [-0.15, -0.1) is 0 Å². The number of aromatic amines is 1. The molecule has 2 aromatic carbocycles. The lowest BCUT2D eigenvalue weighted by atomic mass is 9.74. The maximum absolute atomic E-state index is 14.1. The van der Waals surface area contributed by atoms with Gasteiger partial charge in [0.25, 0.3) is 0 Å². The molecule has 0 spiro atoms. The van der Waals surface area contributed by atoms with E-state index in [9.17, 15) is 28.7 Å². The van der Waals surface area contributed by atoms with Crippen molar-refractivity contribution in [3.05, 3.63) is 70.4 Å². The topological polar surface area (TPSA) is 117 Å². The van der Waals surface area contributed by atoms with Crippen LogP contribution in [0.4, 0.5) is 4.39 Å². The number of aromatic carboxylic acids is 1. The lowest BCUT2D eigenvalue weighted by Crippen LogP contribution is -2.46. The summed E-state index contributed by atoms with van der Waals surface area (Å²) in [5, 5.41) is 10.1. The molecule has 5 rings (SSSR count). The number of nitrogens with one attached hydrogen (secondary N) is 1. The van der Waals surface area contributed by atoms with Gasteiger partial charge in [-0.25, -0.2) is 4.79 Å². The highest BCUT2D eigenvalue weighted by atomic mass is 35.5. The number of carboxylic acid groups (broad SMARTS) is 1. The van der Waals surface area contributed by atoms with Crippen LogP contribution in [0.15, 0.2) is 48.5 Å². The first kappa shape index (κ1) is 33.6. The van der Waals surface area contributed by atoms with E-state index in [1.54, 1.807) is 43.9 Å². The number of fused-ring (bicyclic) bond motifs is 1. The van der Waals surface area contributed by atoms with Gasteiger partial charge in [-0.2, -0.15) is 0 Å². The van der Waals surface area contributed by atoms with Crippen LogP contribution in [0.1, 0.15) is 86.8 Å². The molecule has 10 heteroatoms. The monoisotopic (exact) mass is 652 g/mol. The van der Waals surface area contributed by atoms with Gasteiger partial charge in [-0.3, -0.25) is 18.8 Å². The van der Waals surface area contributed by atoms with Gasteiger partial charge in [-0.05, 0) is 82.1 Å². The number of rotatable bonds is 10. The Balaban J connectivity index is 1.31. The van der Waals surface area contributed by atoms with Gasteiger partial charge in [0.2, 0.25) is 5.91 Å². The summed E-state index contributed by atoms with van der Waals surface area (Å²) in [6, 6.07) is 14.3. The number of likely N-dealkylation sites (tertiary alicyclic amines) is 1. The zero-order chi connectivity index (χ0) is 33.2. The third-order valence-electron chi connectivity index (χ3n) is 9.47. The first-order valence-electron chi connectivity index (χ1n) is 16.1. The number of nitrogens with zero attached hydrogens (tertiary/aromatic N) is 1. The first-order chi connectivity index (χ1) is 21.9. The number of carbonyl (C=O) groups excluding carboxylic acids is 3. The predicted molar refractivity (Wildman–Crippen MR) is 174 cm³/mol. The van der Waals surface area contributed by atoms with Crippen LogP contribution in [-0.2, 0) is 25.5 Å². The Morgan fingerprint density at radius 3 is 2.37 bits per heavy atom. The molecule has 1 amide bonds. The largest absolute Gasteiger partial charge is 0.477 e. The van der Waals surface area contributed by atoms with Crippen molar-refractivity contribution in [2.75, 3.05) is 13.2 Å². The second-order valence-electron chi connectivity index (χ2n) is 13.7. The zero-order valence-electron chi connectivity index (χ0n) is 26.6. The van der Waals surface area contributed by atoms with Crippen LogP contribution in [0.2, 0.25) is 5.02 Å². The summed E-state index contributed by atoms with van der Waals surface area (Å²) in [7, 11) is 0. The van der Waals surface area contributed by atoms with E-state index in [0.717, 1.165) is 5.56 Å². The average molecular weight is 653 g/mol. The maximum Gasteiger partial charge on any atom is 0.353 e. The minimum absolute atomic E-state index is 0.00791. The first-order valence-corrected chi connectivity index (χ1v) is 16.4. The molecule has 2 aliphatic rings. The van der Waals surface area contributed by atoms with E-state index in [0.29, 0.717) is 55.1 Å². The Labute approximate surface area is 273 Å². The molecule has 0 bridgehead atoms. The molecule has 1 saturated carbocycles. The van der Waals surface area contributed by atoms with Gasteiger partial charge >= 0.3 is 11.9 Å². The van der Waals surface area contributed by atoms with E-state index in [1.807, 2.05) is 30.3 Å². The van der Waals surface area contributed by atoms with Gasteiger partial charge in [-0.1, -0.05) is 48.0 Å². The van der Waals surface area contributed by atoms with Gasteiger partial charge in [0.15, 0.2) is 5.78 Å². The SMILES string of the molecule is CC(C)(C)OC(=O)C[C@H](CF)C1CCC(C(=O)N2CC[C@H](c3ccccc3)[C@H]2C(=O)Cc2ccc3[nH]c(C(=O)O)c(Cl)c3c2)CC1. The number of aromatic nitrogens is 1. The van der Waals surface area contributed by atoms with Gasteiger partial charge < -0.3 is 19.7 Å². The van der Waals surface area contributed by atoms with E-state index in [4.69, 9.17) is 16.3 Å². The molecule has 46 heavy (non-hydrogen) atoms. The fraction of sp³-hybridized carbons (Fsp3) is 0.500. The highest BCUT2D eigenvalue weighted by molar-refractivity contribution is 6.38. The van der Waals surface area contributed by atoms with Crippen LogP contribution in [0.5, 0.6) is 0 Å². The van der Waals surface area contributed by atoms with Crippen LogP contribution < -0.4 is 0 Å². The molecule has 1 aliphatic carbocycles. The Morgan fingerprint density at radius 1 is 1.04 bits per heavy atom. The number of alkyl halides is 1. The van der Waals surface area contributed by atoms with E-state index >= 15 is 0 Å². The summed E-state index contributed by atoms with van der Waals surface area (Å²) in [5.74, 6) is -2.58. The molecule has 1 saturated heterocycles. The number of esters is 1. The Hall–Kier alpha value is -3.72. The third-order valence-corrected chi connectivity index (χ3v) is 9.86. The Morgan fingerprint density at radius 2 is 1.74 bits per heavy atom. The predicted octanol–water partition coefficient (Wildman–Crippen LogP) is 7.14. The van der Waals surface area contributed by atoms with Crippen LogP contribution in [0.3, 0.4) is 0 Å². The third kappa shape index (κ3) is 7.46.